The minimum atomic E-state index is -0.288. The number of hydrogen-bond donors (Lipinski definition) is 1. The maximum Gasteiger partial charge on any atom is 0.227 e. The minimum Gasteiger partial charge on any atom is -0.495 e. The van der Waals surface area contributed by atoms with Crippen molar-refractivity contribution in [3.05, 3.63) is 47.8 Å². The number of aromatic nitrogens is 4. The SMILES string of the molecule is COc1cc(-c2nc(C)oc2C)ccc1Nc1ncc2cc(C)nc(N3CCC(C)(C#N)CC3)c2n1. The fourth-order valence-electron chi connectivity index (χ4n) is 4.62. The summed E-state index contributed by atoms with van der Waals surface area (Å²) in [6, 6.07) is 10.3. The zero-order valence-electron chi connectivity index (χ0n) is 21.2. The number of anilines is 3. The first-order valence-electron chi connectivity index (χ1n) is 12.0. The fraction of sp³-hybridized carbons (Fsp3) is 0.370. The molecule has 0 saturated carbocycles. The average Bonchev–Trinajstić information content (AvgIpc) is 3.22. The van der Waals surface area contributed by atoms with Crippen LogP contribution >= 0.6 is 0 Å². The molecule has 9 heteroatoms. The smallest absolute Gasteiger partial charge is 0.227 e. The molecule has 1 fully saturated rings. The molecule has 9 nitrogen and oxygen atoms in total. The standard InChI is InChI=1S/C27H29N7O2/c1-16-12-20-14-29-26(33-24(20)25(30-16)34-10-8-27(4,15-28)9-11-34)32-21-7-6-19(13-22(21)35-5)23-17(2)36-18(3)31-23/h6-7,12-14H,8-11H2,1-5H3,(H,29,32,33). The number of methoxy groups -OCH3 is 1. The van der Waals surface area contributed by atoms with Gasteiger partial charge in [-0.1, -0.05) is 6.07 Å². The highest BCUT2D eigenvalue weighted by atomic mass is 16.5. The van der Waals surface area contributed by atoms with Gasteiger partial charge in [-0.25, -0.2) is 19.9 Å². The predicted octanol–water partition coefficient (Wildman–Crippen LogP) is 5.49. The predicted molar refractivity (Wildman–Crippen MR) is 138 cm³/mol. The van der Waals surface area contributed by atoms with Crippen molar-refractivity contribution in [3.63, 3.8) is 0 Å². The van der Waals surface area contributed by atoms with Crippen molar-refractivity contribution in [1.29, 1.82) is 5.26 Å². The summed E-state index contributed by atoms with van der Waals surface area (Å²) in [4.78, 5) is 20.9. The number of piperidine rings is 1. The van der Waals surface area contributed by atoms with E-state index in [1.807, 2.05) is 58.2 Å². The van der Waals surface area contributed by atoms with E-state index >= 15 is 0 Å². The van der Waals surface area contributed by atoms with Crippen molar-refractivity contribution in [2.24, 2.45) is 5.41 Å². The van der Waals surface area contributed by atoms with Crippen molar-refractivity contribution < 1.29 is 9.15 Å². The topological polar surface area (TPSA) is 113 Å². The average molecular weight is 484 g/mol. The summed E-state index contributed by atoms with van der Waals surface area (Å²) < 4.78 is 11.2. The number of fused-ring (bicyclic) bond motifs is 1. The van der Waals surface area contributed by atoms with Gasteiger partial charge in [-0.15, -0.1) is 0 Å². The van der Waals surface area contributed by atoms with Crippen molar-refractivity contribution in [3.8, 4) is 23.1 Å². The first kappa shape index (κ1) is 23.5. The van der Waals surface area contributed by atoms with Gasteiger partial charge < -0.3 is 19.4 Å². The third kappa shape index (κ3) is 4.42. The lowest BCUT2D eigenvalue weighted by Crippen LogP contribution is -2.38. The summed E-state index contributed by atoms with van der Waals surface area (Å²) >= 11 is 0. The highest BCUT2D eigenvalue weighted by Gasteiger charge is 2.31. The van der Waals surface area contributed by atoms with Crippen LogP contribution < -0.4 is 15.0 Å². The van der Waals surface area contributed by atoms with E-state index < -0.39 is 0 Å². The van der Waals surface area contributed by atoms with E-state index in [-0.39, 0.29) is 5.41 Å². The van der Waals surface area contributed by atoms with Crippen LogP contribution in [0.25, 0.3) is 22.2 Å². The Morgan fingerprint density at radius 1 is 1.11 bits per heavy atom. The quantitative estimate of drug-likeness (QED) is 0.394. The summed E-state index contributed by atoms with van der Waals surface area (Å²) in [6.45, 7) is 9.25. The maximum absolute atomic E-state index is 9.51. The molecule has 0 unspecified atom stereocenters. The molecular weight excluding hydrogens is 454 g/mol. The Labute approximate surface area is 210 Å². The summed E-state index contributed by atoms with van der Waals surface area (Å²) in [5.41, 5.74) is 3.84. The Kier molecular flexibility index (Phi) is 5.96. The van der Waals surface area contributed by atoms with Crippen molar-refractivity contribution in [1.82, 2.24) is 19.9 Å². The Balaban J connectivity index is 1.47. The van der Waals surface area contributed by atoms with Gasteiger partial charge in [0.2, 0.25) is 5.95 Å². The summed E-state index contributed by atoms with van der Waals surface area (Å²) in [5, 5.41) is 13.7. The molecule has 1 aliphatic rings. The second-order valence-corrected chi connectivity index (χ2v) is 9.56. The summed E-state index contributed by atoms with van der Waals surface area (Å²) in [5.74, 6) is 3.31. The van der Waals surface area contributed by atoms with Crippen LogP contribution in [0.1, 0.15) is 37.1 Å². The van der Waals surface area contributed by atoms with Crippen LogP contribution in [-0.4, -0.2) is 40.1 Å². The second kappa shape index (κ2) is 9.11. The molecule has 0 spiro atoms. The Morgan fingerprint density at radius 2 is 1.89 bits per heavy atom. The first-order chi connectivity index (χ1) is 17.3. The normalized spacial score (nSPS) is 15.1. The molecule has 36 heavy (non-hydrogen) atoms. The van der Waals surface area contributed by atoms with Crippen LogP contribution in [0.5, 0.6) is 5.75 Å². The molecule has 1 aliphatic heterocycles. The van der Waals surface area contributed by atoms with Gasteiger partial charge in [0.25, 0.3) is 0 Å². The number of oxazole rings is 1. The van der Waals surface area contributed by atoms with E-state index in [1.165, 1.54) is 0 Å². The van der Waals surface area contributed by atoms with Gasteiger partial charge in [-0.2, -0.15) is 5.26 Å². The van der Waals surface area contributed by atoms with Gasteiger partial charge >= 0.3 is 0 Å². The van der Waals surface area contributed by atoms with Gasteiger partial charge in [0.1, 0.15) is 22.7 Å². The van der Waals surface area contributed by atoms with Gasteiger partial charge in [0.05, 0.1) is 24.3 Å². The lowest BCUT2D eigenvalue weighted by molar-refractivity contribution is 0.336. The number of nitriles is 1. The molecular formula is C27H29N7O2. The Bertz CT molecular complexity index is 1480. The number of benzene rings is 1. The molecule has 0 aliphatic carbocycles. The zero-order chi connectivity index (χ0) is 25.4. The maximum atomic E-state index is 9.51. The van der Waals surface area contributed by atoms with Crippen LogP contribution in [0.3, 0.4) is 0 Å². The molecule has 0 radical (unpaired) electrons. The second-order valence-electron chi connectivity index (χ2n) is 9.56. The molecule has 1 N–H and O–H groups in total. The molecule has 0 bridgehead atoms. The molecule has 0 amide bonds. The van der Waals surface area contributed by atoms with E-state index in [2.05, 4.69) is 26.3 Å². The molecule has 0 atom stereocenters. The third-order valence-corrected chi connectivity index (χ3v) is 6.74. The summed E-state index contributed by atoms with van der Waals surface area (Å²) in [7, 11) is 1.63. The number of rotatable bonds is 5. The van der Waals surface area contributed by atoms with Crippen LogP contribution in [0.2, 0.25) is 0 Å². The molecule has 5 rings (SSSR count). The first-order valence-corrected chi connectivity index (χ1v) is 12.0. The van der Waals surface area contributed by atoms with Crippen LogP contribution in [-0.2, 0) is 0 Å². The lowest BCUT2D eigenvalue weighted by Gasteiger charge is -2.36. The van der Waals surface area contributed by atoms with E-state index in [0.29, 0.717) is 17.6 Å². The van der Waals surface area contributed by atoms with E-state index in [9.17, 15) is 5.26 Å². The molecule has 4 aromatic rings. The van der Waals surface area contributed by atoms with Crippen molar-refractivity contribution in [2.75, 3.05) is 30.4 Å². The third-order valence-electron chi connectivity index (χ3n) is 6.74. The zero-order valence-corrected chi connectivity index (χ0v) is 21.2. The van der Waals surface area contributed by atoms with Crippen LogP contribution in [0.4, 0.5) is 17.5 Å². The summed E-state index contributed by atoms with van der Waals surface area (Å²) in [6.07, 6.45) is 3.41. The largest absolute Gasteiger partial charge is 0.495 e. The molecule has 4 heterocycles. The van der Waals surface area contributed by atoms with Crippen molar-refractivity contribution >= 4 is 28.4 Å². The number of aryl methyl sites for hydroxylation is 3. The molecule has 3 aromatic heterocycles. The minimum absolute atomic E-state index is 0.288. The lowest BCUT2D eigenvalue weighted by atomic mass is 9.82. The van der Waals surface area contributed by atoms with Gasteiger partial charge in [0, 0.05) is 42.9 Å². The molecule has 1 aromatic carbocycles. The van der Waals surface area contributed by atoms with Gasteiger partial charge in [-0.05, 0) is 51.8 Å². The highest BCUT2D eigenvalue weighted by molar-refractivity contribution is 5.89. The Hall–Kier alpha value is -4.19. The monoisotopic (exact) mass is 483 g/mol. The molecule has 184 valence electrons. The highest BCUT2D eigenvalue weighted by Crippen LogP contribution is 2.36. The van der Waals surface area contributed by atoms with Gasteiger partial charge in [0.15, 0.2) is 11.7 Å². The number of nitrogens with zero attached hydrogens (tertiary/aromatic N) is 6. The Morgan fingerprint density at radius 3 is 2.56 bits per heavy atom. The number of pyridine rings is 1. The molecule has 1 saturated heterocycles. The van der Waals surface area contributed by atoms with E-state index in [1.54, 1.807) is 7.11 Å². The number of hydrogen-bond acceptors (Lipinski definition) is 9. The van der Waals surface area contributed by atoms with Crippen molar-refractivity contribution in [2.45, 2.75) is 40.5 Å². The van der Waals surface area contributed by atoms with E-state index in [4.69, 9.17) is 19.1 Å². The van der Waals surface area contributed by atoms with Crippen LogP contribution in [0.15, 0.2) is 34.9 Å². The van der Waals surface area contributed by atoms with E-state index in [0.717, 1.165) is 71.1 Å². The number of nitrogens with one attached hydrogen (secondary N) is 1. The van der Waals surface area contributed by atoms with Crippen LogP contribution in [0, 0.1) is 37.5 Å². The fourth-order valence-corrected chi connectivity index (χ4v) is 4.62. The van der Waals surface area contributed by atoms with Gasteiger partial charge in [-0.3, -0.25) is 0 Å². The number of ether oxygens (including phenoxy) is 1.